The number of benzene rings is 2. The van der Waals surface area contributed by atoms with E-state index in [-0.39, 0.29) is 35.1 Å². The molecule has 0 spiro atoms. The molecular formula is C20H22N2O4. The Morgan fingerprint density at radius 2 is 1.12 bits per heavy atom. The van der Waals surface area contributed by atoms with Crippen molar-refractivity contribution in [3.05, 3.63) is 48.5 Å². The first-order valence-electron chi connectivity index (χ1n) is 8.71. The normalized spacial score (nSPS) is 19.5. The van der Waals surface area contributed by atoms with Gasteiger partial charge < -0.3 is 20.8 Å². The number of carbonyl (C=O) groups is 2. The third kappa shape index (κ3) is 4.53. The van der Waals surface area contributed by atoms with Gasteiger partial charge in [-0.05, 0) is 49.9 Å². The van der Waals surface area contributed by atoms with Crippen LogP contribution in [0, 0.1) is 11.8 Å². The molecule has 0 heterocycles. The van der Waals surface area contributed by atoms with Gasteiger partial charge in [0.1, 0.15) is 11.5 Å². The Morgan fingerprint density at radius 3 is 1.46 bits per heavy atom. The molecule has 1 aliphatic rings. The molecule has 2 amide bonds. The van der Waals surface area contributed by atoms with Crippen LogP contribution >= 0.6 is 0 Å². The van der Waals surface area contributed by atoms with Crippen LogP contribution in [0.4, 0.5) is 11.4 Å². The summed E-state index contributed by atoms with van der Waals surface area (Å²) in [7, 11) is 0. The third-order valence-electron chi connectivity index (χ3n) is 4.70. The minimum atomic E-state index is -0.137. The Labute approximate surface area is 151 Å². The summed E-state index contributed by atoms with van der Waals surface area (Å²) in [6.07, 6.45) is 2.57. The van der Waals surface area contributed by atoms with E-state index in [9.17, 15) is 19.8 Å². The number of phenolic OH excluding ortho intramolecular Hbond substituents is 2. The van der Waals surface area contributed by atoms with Crippen LogP contribution in [0.15, 0.2) is 48.5 Å². The van der Waals surface area contributed by atoms with Crippen LogP contribution in [-0.4, -0.2) is 22.0 Å². The van der Waals surface area contributed by atoms with Crippen molar-refractivity contribution in [2.45, 2.75) is 25.7 Å². The fourth-order valence-electron chi connectivity index (χ4n) is 3.27. The number of rotatable bonds is 4. The molecule has 0 saturated heterocycles. The lowest BCUT2D eigenvalue weighted by molar-refractivity contribution is -0.125. The number of anilines is 2. The first-order chi connectivity index (χ1) is 12.5. The van der Waals surface area contributed by atoms with Crippen LogP contribution in [0.2, 0.25) is 0 Å². The highest BCUT2D eigenvalue weighted by atomic mass is 16.3. The van der Waals surface area contributed by atoms with E-state index in [1.54, 1.807) is 36.4 Å². The van der Waals surface area contributed by atoms with E-state index in [2.05, 4.69) is 10.6 Å². The van der Waals surface area contributed by atoms with Gasteiger partial charge in [-0.25, -0.2) is 0 Å². The van der Waals surface area contributed by atoms with Gasteiger partial charge in [0.05, 0.1) is 0 Å². The lowest BCUT2D eigenvalue weighted by Crippen LogP contribution is -2.31. The Hall–Kier alpha value is -3.02. The molecule has 0 unspecified atom stereocenters. The average molecular weight is 354 g/mol. The predicted molar refractivity (Wildman–Crippen MR) is 98.9 cm³/mol. The smallest absolute Gasteiger partial charge is 0.227 e. The van der Waals surface area contributed by atoms with E-state index in [4.69, 9.17) is 0 Å². The summed E-state index contributed by atoms with van der Waals surface area (Å²) >= 11 is 0. The summed E-state index contributed by atoms with van der Waals surface area (Å²) in [6.45, 7) is 0. The van der Waals surface area contributed by atoms with E-state index in [1.807, 2.05) is 0 Å². The average Bonchev–Trinajstić information content (AvgIpc) is 2.62. The fraction of sp³-hybridized carbons (Fsp3) is 0.300. The molecule has 1 aliphatic carbocycles. The van der Waals surface area contributed by atoms with Gasteiger partial charge in [0.25, 0.3) is 0 Å². The van der Waals surface area contributed by atoms with Crippen LogP contribution in [-0.2, 0) is 9.59 Å². The predicted octanol–water partition coefficient (Wildman–Crippen LogP) is 3.48. The summed E-state index contributed by atoms with van der Waals surface area (Å²) < 4.78 is 0. The van der Waals surface area contributed by atoms with E-state index in [0.717, 1.165) is 0 Å². The first kappa shape index (κ1) is 17.8. The van der Waals surface area contributed by atoms with Gasteiger partial charge in [-0.3, -0.25) is 9.59 Å². The zero-order valence-electron chi connectivity index (χ0n) is 14.3. The Morgan fingerprint density at radius 1 is 0.731 bits per heavy atom. The maximum absolute atomic E-state index is 12.4. The molecule has 26 heavy (non-hydrogen) atoms. The number of nitrogens with one attached hydrogen (secondary N) is 2. The number of hydrogen-bond acceptors (Lipinski definition) is 4. The minimum absolute atomic E-state index is 0.0811. The Kier molecular flexibility index (Phi) is 5.41. The van der Waals surface area contributed by atoms with Crippen LogP contribution < -0.4 is 10.6 Å². The number of carbonyl (C=O) groups excluding carboxylic acids is 2. The first-order valence-corrected chi connectivity index (χ1v) is 8.71. The monoisotopic (exact) mass is 354 g/mol. The molecule has 1 fully saturated rings. The summed E-state index contributed by atoms with van der Waals surface area (Å²) in [5.41, 5.74) is 1.14. The maximum Gasteiger partial charge on any atom is 0.227 e. The summed E-state index contributed by atoms with van der Waals surface area (Å²) in [6, 6.07) is 12.9. The van der Waals surface area contributed by atoms with Gasteiger partial charge in [-0.1, -0.05) is 12.1 Å². The summed E-state index contributed by atoms with van der Waals surface area (Å²) in [5, 5.41) is 24.5. The van der Waals surface area contributed by atoms with Crippen LogP contribution in [0.5, 0.6) is 11.5 Å². The molecule has 1 saturated carbocycles. The highest BCUT2D eigenvalue weighted by molar-refractivity contribution is 5.94. The number of amides is 2. The van der Waals surface area contributed by atoms with Gasteiger partial charge in [0.2, 0.25) is 11.8 Å². The van der Waals surface area contributed by atoms with Crippen molar-refractivity contribution >= 4 is 23.2 Å². The van der Waals surface area contributed by atoms with Crippen molar-refractivity contribution in [2.24, 2.45) is 11.8 Å². The molecule has 0 aromatic heterocycles. The van der Waals surface area contributed by atoms with Crippen LogP contribution in [0.25, 0.3) is 0 Å². The lowest BCUT2D eigenvalue weighted by Gasteiger charge is -2.27. The molecule has 2 aromatic carbocycles. The van der Waals surface area contributed by atoms with E-state index < -0.39 is 0 Å². The second-order valence-corrected chi connectivity index (χ2v) is 6.63. The highest BCUT2D eigenvalue weighted by Gasteiger charge is 2.30. The van der Waals surface area contributed by atoms with E-state index in [0.29, 0.717) is 37.1 Å². The van der Waals surface area contributed by atoms with Crippen LogP contribution in [0.3, 0.4) is 0 Å². The van der Waals surface area contributed by atoms with Gasteiger partial charge in [0, 0.05) is 35.3 Å². The molecule has 4 N–H and O–H groups in total. The quantitative estimate of drug-likeness (QED) is 0.675. The number of aromatic hydroxyl groups is 2. The largest absolute Gasteiger partial charge is 0.508 e. The van der Waals surface area contributed by atoms with Crippen molar-refractivity contribution < 1.29 is 19.8 Å². The SMILES string of the molecule is O=C(Nc1cccc(O)c1)C1CCC(C(=O)Nc2cccc(O)c2)CC1. The van der Waals surface area contributed by atoms with Gasteiger partial charge in [-0.15, -0.1) is 0 Å². The highest BCUT2D eigenvalue weighted by Crippen LogP contribution is 2.31. The zero-order valence-corrected chi connectivity index (χ0v) is 14.3. The lowest BCUT2D eigenvalue weighted by atomic mass is 9.81. The van der Waals surface area contributed by atoms with Crippen molar-refractivity contribution in [3.63, 3.8) is 0 Å². The molecule has 0 aliphatic heterocycles. The third-order valence-corrected chi connectivity index (χ3v) is 4.70. The van der Waals surface area contributed by atoms with Gasteiger partial charge in [-0.2, -0.15) is 0 Å². The maximum atomic E-state index is 12.4. The minimum Gasteiger partial charge on any atom is -0.508 e. The number of phenols is 2. The fourth-order valence-corrected chi connectivity index (χ4v) is 3.27. The van der Waals surface area contributed by atoms with Crippen molar-refractivity contribution in [2.75, 3.05) is 10.6 Å². The van der Waals surface area contributed by atoms with E-state index >= 15 is 0 Å². The van der Waals surface area contributed by atoms with Crippen molar-refractivity contribution in [1.29, 1.82) is 0 Å². The van der Waals surface area contributed by atoms with E-state index in [1.165, 1.54) is 12.1 Å². The second kappa shape index (κ2) is 7.91. The zero-order chi connectivity index (χ0) is 18.5. The Balaban J connectivity index is 1.50. The molecule has 6 nitrogen and oxygen atoms in total. The molecule has 136 valence electrons. The van der Waals surface area contributed by atoms with Gasteiger partial charge in [0.15, 0.2) is 0 Å². The summed E-state index contributed by atoms with van der Waals surface area (Å²) in [5.74, 6) is -0.223. The molecular weight excluding hydrogens is 332 g/mol. The van der Waals surface area contributed by atoms with Crippen molar-refractivity contribution in [3.8, 4) is 11.5 Å². The summed E-state index contributed by atoms with van der Waals surface area (Å²) in [4.78, 5) is 24.7. The second-order valence-electron chi connectivity index (χ2n) is 6.63. The number of hydrogen-bond donors (Lipinski definition) is 4. The molecule has 0 radical (unpaired) electrons. The van der Waals surface area contributed by atoms with Gasteiger partial charge >= 0.3 is 0 Å². The molecule has 6 heteroatoms. The van der Waals surface area contributed by atoms with Crippen LogP contribution in [0.1, 0.15) is 25.7 Å². The molecule has 2 aromatic rings. The molecule has 0 bridgehead atoms. The molecule has 0 atom stereocenters. The Bertz CT molecular complexity index is 730. The topological polar surface area (TPSA) is 98.7 Å². The molecule has 3 rings (SSSR count). The van der Waals surface area contributed by atoms with Crippen molar-refractivity contribution in [1.82, 2.24) is 0 Å². The standard InChI is InChI=1S/C20H22N2O4/c23-17-5-1-3-15(11-17)21-19(25)13-7-9-14(10-8-13)20(26)22-16-4-2-6-18(24)12-16/h1-6,11-14,23-24H,7-10H2,(H,21,25)(H,22,26).